The highest BCUT2D eigenvalue weighted by molar-refractivity contribution is 5.90. The second kappa shape index (κ2) is 9.96. The maximum Gasteiger partial charge on any atom is 0.344 e. The van der Waals surface area contributed by atoms with Gasteiger partial charge in [-0.05, 0) is 52.3 Å². The molecule has 29 heavy (non-hydrogen) atoms. The molecule has 0 amide bonds. The summed E-state index contributed by atoms with van der Waals surface area (Å²) in [4.78, 5) is 24.4. The molecule has 0 fully saturated rings. The summed E-state index contributed by atoms with van der Waals surface area (Å²) in [5.74, 6) is -0.236. The third kappa shape index (κ3) is 8.25. The van der Waals surface area contributed by atoms with Gasteiger partial charge in [0.05, 0.1) is 11.7 Å². The molecule has 0 aliphatic heterocycles. The maximum absolute atomic E-state index is 12.5. The predicted molar refractivity (Wildman–Crippen MR) is 109 cm³/mol. The van der Waals surface area contributed by atoms with Crippen LogP contribution in [0.4, 0.5) is 0 Å². The third-order valence-corrected chi connectivity index (χ3v) is 3.48. The molecule has 0 unspecified atom stereocenters. The molecule has 156 valence electrons. The zero-order valence-electron chi connectivity index (χ0n) is 17.6. The molecule has 0 heterocycles. The maximum atomic E-state index is 12.5. The van der Waals surface area contributed by atoms with Crippen molar-refractivity contribution in [1.29, 1.82) is 0 Å². The van der Waals surface area contributed by atoms with E-state index in [4.69, 9.17) is 18.9 Å². The van der Waals surface area contributed by atoms with Crippen LogP contribution >= 0.6 is 0 Å². The summed E-state index contributed by atoms with van der Waals surface area (Å²) in [5, 5.41) is 0. The van der Waals surface area contributed by atoms with E-state index < -0.39 is 17.5 Å². The number of hydrogen-bond donors (Lipinski definition) is 0. The van der Waals surface area contributed by atoms with Gasteiger partial charge in [0.25, 0.3) is 0 Å². The van der Waals surface area contributed by atoms with Crippen molar-refractivity contribution in [3.8, 4) is 11.5 Å². The van der Waals surface area contributed by atoms with Crippen LogP contribution in [0.5, 0.6) is 11.5 Å². The van der Waals surface area contributed by atoms with E-state index in [0.29, 0.717) is 11.5 Å². The molecular weight excluding hydrogens is 372 g/mol. The fourth-order valence-electron chi connectivity index (χ4n) is 2.43. The van der Waals surface area contributed by atoms with Crippen LogP contribution in [-0.2, 0) is 20.9 Å². The van der Waals surface area contributed by atoms with Gasteiger partial charge >= 0.3 is 11.9 Å². The molecule has 0 aliphatic rings. The van der Waals surface area contributed by atoms with Gasteiger partial charge in [-0.15, -0.1) is 0 Å². The van der Waals surface area contributed by atoms with Crippen LogP contribution in [0, 0.1) is 0 Å². The number of ether oxygens (including phenoxy) is 4. The minimum atomic E-state index is -0.602. The summed E-state index contributed by atoms with van der Waals surface area (Å²) in [6.45, 7) is 8.97. The summed E-state index contributed by atoms with van der Waals surface area (Å²) < 4.78 is 21.8. The lowest BCUT2D eigenvalue weighted by Crippen LogP contribution is -2.27. The van der Waals surface area contributed by atoms with Gasteiger partial charge in [-0.3, -0.25) is 0 Å². The molecule has 6 heteroatoms. The molecule has 0 saturated carbocycles. The van der Waals surface area contributed by atoms with Crippen LogP contribution in [0.25, 0.3) is 0 Å². The first-order valence-corrected chi connectivity index (χ1v) is 9.50. The smallest absolute Gasteiger partial charge is 0.344 e. The van der Waals surface area contributed by atoms with E-state index in [0.717, 1.165) is 5.56 Å². The zero-order chi connectivity index (χ0) is 21.4. The van der Waals surface area contributed by atoms with Crippen LogP contribution in [0.2, 0.25) is 0 Å². The van der Waals surface area contributed by atoms with Crippen LogP contribution in [0.1, 0.15) is 50.5 Å². The Morgan fingerprint density at radius 3 is 2.24 bits per heavy atom. The molecular formula is C23H28O6. The largest absolute Gasteiger partial charge is 0.491 e. The number of hydrogen-bond acceptors (Lipinski definition) is 6. The molecule has 2 rings (SSSR count). The number of esters is 2. The Morgan fingerprint density at radius 1 is 0.966 bits per heavy atom. The van der Waals surface area contributed by atoms with Crippen molar-refractivity contribution in [2.24, 2.45) is 0 Å². The Labute approximate surface area is 171 Å². The van der Waals surface area contributed by atoms with Gasteiger partial charge in [-0.25, -0.2) is 9.59 Å². The summed E-state index contributed by atoms with van der Waals surface area (Å²) in [6.07, 6.45) is -0.0932. The lowest BCUT2D eigenvalue weighted by molar-refractivity contribution is -0.157. The third-order valence-electron chi connectivity index (χ3n) is 3.48. The summed E-state index contributed by atoms with van der Waals surface area (Å²) in [6, 6.07) is 14.1. The van der Waals surface area contributed by atoms with E-state index in [1.165, 1.54) is 6.07 Å². The monoisotopic (exact) mass is 400 g/mol. The molecule has 0 radical (unpaired) electrons. The highest BCUT2D eigenvalue weighted by Gasteiger charge is 2.18. The van der Waals surface area contributed by atoms with Gasteiger partial charge in [0.1, 0.15) is 23.7 Å². The Bertz CT molecular complexity index is 821. The number of rotatable bonds is 8. The van der Waals surface area contributed by atoms with Crippen molar-refractivity contribution < 1.29 is 28.5 Å². The van der Waals surface area contributed by atoms with E-state index in [-0.39, 0.29) is 24.9 Å². The molecule has 0 atom stereocenters. The van der Waals surface area contributed by atoms with E-state index in [1.807, 2.05) is 44.2 Å². The SMILES string of the molecule is CC(C)Oc1cc(OCC(=O)OC(C)(C)C)cc(C(=O)OCc2ccccc2)c1. The molecule has 0 spiro atoms. The summed E-state index contributed by atoms with van der Waals surface area (Å²) in [5.41, 5.74) is 0.560. The average Bonchev–Trinajstić information content (AvgIpc) is 2.63. The molecule has 2 aromatic carbocycles. The predicted octanol–water partition coefficient (Wildman–Crippen LogP) is 4.55. The Hall–Kier alpha value is -3.02. The zero-order valence-corrected chi connectivity index (χ0v) is 17.6. The van der Waals surface area contributed by atoms with Gasteiger partial charge in [0, 0.05) is 6.07 Å². The van der Waals surface area contributed by atoms with Gasteiger partial charge < -0.3 is 18.9 Å². The van der Waals surface area contributed by atoms with Gasteiger partial charge in [-0.2, -0.15) is 0 Å². The van der Waals surface area contributed by atoms with Crippen LogP contribution in [-0.4, -0.2) is 30.3 Å². The molecule has 6 nitrogen and oxygen atoms in total. The molecule has 0 bridgehead atoms. The van der Waals surface area contributed by atoms with E-state index in [1.54, 1.807) is 32.9 Å². The quantitative estimate of drug-likeness (QED) is 0.606. The first-order valence-electron chi connectivity index (χ1n) is 9.50. The van der Waals surface area contributed by atoms with Crippen LogP contribution in [0.15, 0.2) is 48.5 Å². The molecule has 0 aromatic heterocycles. The van der Waals surface area contributed by atoms with Crippen molar-refractivity contribution >= 4 is 11.9 Å². The van der Waals surface area contributed by atoms with Crippen LogP contribution in [0.3, 0.4) is 0 Å². The van der Waals surface area contributed by atoms with Gasteiger partial charge in [0.15, 0.2) is 6.61 Å². The van der Waals surface area contributed by atoms with Crippen molar-refractivity contribution in [1.82, 2.24) is 0 Å². The molecule has 0 N–H and O–H groups in total. The lowest BCUT2D eigenvalue weighted by Gasteiger charge is -2.19. The molecule has 2 aromatic rings. The summed E-state index contributed by atoms with van der Waals surface area (Å²) >= 11 is 0. The van der Waals surface area contributed by atoms with Crippen LogP contribution < -0.4 is 9.47 Å². The first kappa shape index (κ1) is 22.3. The van der Waals surface area contributed by atoms with Crippen molar-refractivity contribution in [2.75, 3.05) is 6.61 Å². The molecule has 0 aliphatic carbocycles. The highest BCUT2D eigenvalue weighted by atomic mass is 16.6. The normalized spacial score (nSPS) is 11.1. The Morgan fingerprint density at radius 2 is 1.62 bits per heavy atom. The first-order chi connectivity index (χ1) is 13.6. The minimum absolute atomic E-state index is 0.0932. The topological polar surface area (TPSA) is 71.1 Å². The Kier molecular flexibility index (Phi) is 7.65. The number of benzene rings is 2. The Balaban J connectivity index is 2.10. The van der Waals surface area contributed by atoms with E-state index in [9.17, 15) is 9.59 Å². The van der Waals surface area contributed by atoms with Crippen molar-refractivity contribution in [3.05, 3.63) is 59.7 Å². The molecule has 0 saturated heterocycles. The summed E-state index contributed by atoms with van der Waals surface area (Å²) in [7, 11) is 0. The van der Waals surface area contributed by atoms with Crippen molar-refractivity contribution in [3.63, 3.8) is 0 Å². The second-order valence-electron chi connectivity index (χ2n) is 7.80. The minimum Gasteiger partial charge on any atom is -0.491 e. The lowest BCUT2D eigenvalue weighted by atomic mass is 10.2. The van der Waals surface area contributed by atoms with Crippen molar-refractivity contribution in [2.45, 2.75) is 52.9 Å². The van der Waals surface area contributed by atoms with Gasteiger partial charge in [0.2, 0.25) is 0 Å². The fraction of sp³-hybridized carbons (Fsp3) is 0.391. The second-order valence-corrected chi connectivity index (χ2v) is 7.80. The van der Waals surface area contributed by atoms with E-state index in [2.05, 4.69) is 0 Å². The number of carbonyl (C=O) groups is 2. The standard InChI is InChI=1S/C23H28O6/c1-16(2)28-20-12-18(22(25)27-14-17-9-7-6-8-10-17)11-19(13-20)26-15-21(24)29-23(3,4)5/h6-13,16H,14-15H2,1-5H3. The highest BCUT2D eigenvalue weighted by Crippen LogP contribution is 2.25. The fourth-order valence-corrected chi connectivity index (χ4v) is 2.43. The number of carbonyl (C=O) groups excluding carboxylic acids is 2. The van der Waals surface area contributed by atoms with Gasteiger partial charge in [-0.1, -0.05) is 30.3 Å². The average molecular weight is 400 g/mol. The van der Waals surface area contributed by atoms with E-state index >= 15 is 0 Å².